The van der Waals surface area contributed by atoms with E-state index in [0.717, 1.165) is 0 Å². The summed E-state index contributed by atoms with van der Waals surface area (Å²) in [4.78, 5) is 11.7. The normalized spacial score (nSPS) is 22.7. The zero-order valence-corrected chi connectivity index (χ0v) is 14.1. The van der Waals surface area contributed by atoms with Gasteiger partial charge in [-0.3, -0.25) is 0 Å². The zero-order valence-electron chi connectivity index (χ0n) is 12.5. The van der Waals surface area contributed by atoms with Crippen LogP contribution in [-0.4, -0.2) is 45.4 Å². The summed E-state index contributed by atoms with van der Waals surface area (Å²) >= 11 is 5.91. The predicted molar refractivity (Wildman–Crippen MR) is 83.3 cm³/mol. The fraction of sp³-hybridized carbons (Fsp3) is 0.500. The molecule has 122 valence electrons. The number of nitrogens with two attached hydrogens (primary N) is 1. The van der Waals surface area contributed by atoms with Gasteiger partial charge in [-0.25, -0.2) is 13.2 Å². The number of rotatable bonds is 4. The molecule has 0 saturated carbocycles. The van der Waals surface area contributed by atoms with E-state index in [1.807, 2.05) is 6.92 Å². The molecule has 1 heterocycles. The zero-order chi connectivity index (χ0) is 16.5. The minimum atomic E-state index is -3.84. The van der Waals surface area contributed by atoms with Crippen molar-refractivity contribution in [2.24, 2.45) is 11.1 Å². The molecule has 1 fully saturated rings. The molecular formula is C14H19ClN2O4S. The van der Waals surface area contributed by atoms with E-state index in [4.69, 9.17) is 17.3 Å². The Kier molecular flexibility index (Phi) is 4.81. The highest BCUT2D eigenvalue weighted by Gasteiger charge is 2.40. The number of nitrogens with zero attached hydrogens (tertiary/aromatic N) is 1. The molecule has 0 spiro atoms. The van der Waals surface area contributed by atoms with Crippen molar-refractivity contribution in [2.45, 2.75) is 18.2 Å². The van der Waals surface area contributed by atoms with Crippen LogP contribution in [0.5, 0.6) is 0 Å². The third kappa shape index (κ3) is 3.12. The van der Waals surface area contributed by atoms with Gasteiger partial charge < -0.3 is 10.5 Å². The molecule has 0 aromatic heterocycles. The van der Waals surface area contributed by atoms with E-state index in [9.17, 15) is 13.2 Å². The minimum absolute atomic E-state index is 0.0201. The number of halogens is 1. The van der Waals surface area contributed by atoms with Gasteiger partial charge in [0.15, 0.2) is 0 Å². The number of hydrogen-bond acceptors (Lipinski definition) is 5. The molecule has 1 atom stereocenters. The van der Waals surface area contributed by atoms with E-state index in [2.05, 4.69) is 4.74 Å². The number of carbonyl (C=O) groups excluding carboxylic acids is 1. The second-order valence-electron chi connectivity index (χ2n) is 5.74. The lowest BCUT2D eigenvalue weighted by Crippen LogP contribution is -2.35. The van der Waals surface area contributed by atoms with Crippen molar-refractivity contribution in [1.82, 2.24) is 4.31 Å². The Hall–Kier alpha value is -1.15. The molecular weight excluding hydrogens is 328 g/mol. The third-order valence-corrected chi connectivity index (χ3v) is 6.10. The average Bonchev–Trinajstić information content (AvgIpc) is 2.90. The van der Waals surface area contributed by atoms with Crippen LogP contribution in [0.2, 0.25) is 5.02 Å². The maximum absolute atomic E-state index is 12.9. The number of esters is 1. The molecule has 1 aliphatic heterocycles. The average molecular weight is 347 g/mol. The van der Waals surface area contributed by atoms with Crippen LogP contribution in [0.3, 0.4) is 0 Å². The Labute approximate surface area is 135 Å². The molecule has 2 N–H and O–H groups in total. The molecule has 0 bridgehead atoms. The summed E-state index contributed by atoms with van der Waals surface area (Å²) in [5.41, 5.74) is 5.45. The number of benzene rings is 1. The summed E-state index contributed by atoms with van der Waals surface area (Å²) in [5, 5.41) is 0.243. The summed E-state index contributed by atoms with van der Waals surface area (Å²) in [6.45, 7) is 3.03. The molecule has 22 heavy (non-hydrogen) atoms. The van der Waals surface area contributed by atoms with Gasteiger partial charge in [0.25, 0.3) is 0 Å². The molecule has 1 aromatic carbocycles. The molecule has 1 aliphatic rings. The fourth-order valence-corrected chi connectivity index (χ4v) is 4.51. The van der Waals surface area contributed by atoms with Gasteiger partial charge in [0.05, 0.1) is 17.6 Å². The maximum atomic E-state index is 12.9. The molecule has 0 amide bonds. The van der Waals surface area contributed by atoms with Gasteiger partial charge in [0, 0.05) is 18.1 Å². The van der Waals surface area contributed by atoms with Crippen molar-refractivity contribution in [3.8, 4) is 0 Å². The van der Waals surface area contributed by atoms with Crippen LogP contribution >= 0.6 is 11.6 Å². The van der Waals surface area contributed by atoms with Crippen molar-refractivity contribution in [2.75, 3.05) is 26.7 Å². The topological polar surface area (TPSA) is 89.7 Å². The van der Waals surface area contributed by atoms with Crippen molar-refractivity contribution >= 4 is 27.6 Å². The Bertz CT molecular complexity index is 692. The predicted octanol–water partition coefficient (Wildman–Crippen LogP) is 1.49. The largest absolute Gasteiger partial charge is 0.465 e. The highest BCUT2D eigenvalue weighted by Crippen LogP contribution is 2.34. The van der Waals surface area contributed by atoms with Crippen LogP contribution in [0.1, 0.15) is 23.7 Å². The van der Waals surface area contributed by atoms with E-state index in [1.165, 1.54) is 29.6 Å². The standard InChI is InChI=1S/C14H19ClN2O4S/c1-14(8-16)5-6-17(9-14)22(19,20)12-7-10(15)3-4-11(12)13(18)21-2/h3-4,7H,5-6,8-9,16H2,1-2H3. The first-order chi connectivity index (χ1) is 10.2. The van der Waals surface area contributed by atoms with Crippen molar-refractivity contribution < 1.29 is 17.9 Å². The Morgan fingerprint density at radius 1 is 1.50 bits per heavy atom. The summed E-state index contributed by atoms with van der Waals surface area (Å²) in [6, 6.07) is 4.10. The van der Waals surface area contributed by atoms with Crippen molar-refractivity contribution in [3.05, 3.63) is 28.8 Å². The first-order valence-corrected chi connectivity index (χ1v) is 8.63. The van der Waals surface area contributed by atoms with Crippen LogP contribution in [-0.2, 0) is 14.8 Å². The van der Waals surface area contributed by atoms with Gasteiger partial charge in [-0.15, -0.1) is 0 Å². The van der Waals surface area contributed by atoms with Crippen LogP contribution in [0.25, 0.3) is 0 Å². The highest BCUT2D eigenvalue weighted by atomic mass is 35.5. The van der Waals surface area contributed by atoms with E-state index >= 15 is 0 Å². The van der Waals surface area contributed by atoms with Gasteiger partial charge in [-0.2, -0.15) is 4.31 Å². The van der Waals surface area contributed by atoms with Crippen LogP contribution in [0, 0.1) is 5.41 Å². The molecule has 0 aliphatic carbocycles. The maximum Gasteiger partial charge on any atom is 0.339 e. The third-order valence-electron chi connectivity index (χ3n) is 3.98. The monoisotopic (exact) mass is 346 g/mol. The molecule has 1 aromatic rings. The van der Waals surface area contributed by atoms with Gasteiger partial charge >= 0.3 is 5.97 Å². The molecule has 1 saturated heterocycles. The molecule has 1 unspecified atom stereocenters. The van der Waals surface area contributed by atoms with E-state index in [-0.39, 0.29) is 20.9 Å². The Balaban J connectivity index is 2.46. The smallest absolute Gasteiger partial charge is 0.339 e. The molecule has 6 nitrogen and oxygen atoms in total. The Morgan fingerprint density at radius 2 is 2.18 bits per heavy atom. The SMILES string of the molecule is COC(=O)c1ccc(Cl)cc1S(=O)(=O)N1CCC(C)(CN)C1. The first kappa shape index (κ1) is 17.2. The van der Waals surface area contributed by atoms with Crippen LogP contribution in [0.4, 0.5) is 0 Å². The molecule has 2 rings (SSSR count). The quantitative estimate of drug-likeness (QED) is 0.834. The summed E-state index contributed by atoms with van der Waals surface area (Å²) in [7, 11) is -2.63. The lowest BCUT2D eigenvalue weighted by atomic mass is 9.90. The summed E-state index contributed by atoms with van der Waals surface area (Å²) < 4.78 is 31.7. The van der Waals surface area contributed by atoms with Gasteiger partial charge in [0.1, 0.15) is 0 Å². The second-order valence-corrected chi connectivity index (χ2v) is 8.08. The van der Waals surface area contributed by atoms with Crippen LogP contribution in [0.15, 0.2) is 23.1 Å². The summed E-state index contributed by atoms with van der Waals surface area (Å²) in [5.74, 6) is -0.712. The van der Waals surface area contributed by atoms with E-state index < -0.39 is 16.0 Å². The number of hydrogen-bond donors (Lipinski definition) is 1. The number of sulfonamides is 1. The summed E-state index contributed by atoms with van der Waals surface area (Å²) in [6.07, 6.45) is 0.677. The highest BCUT2D eigenvalue weighted by molar-refractivity contribution is 7.89. The number of carbonyl (C=O) groups is 1. The molecule has 0 radical (unpaired) electrons. The van der Waals surface area contributed by atoms with E-state index in [0.29, 0.717) is 26.1 Å². The van der Waals surface area contributed by atoms with E-state index in [1.54, 1.807) is 0 Å². The molecule has 8 heteroatoms. The first-order valence-electron chi connectivity index (χ1n) is 6.81. The van der Waals surface area contributed by atoms with Crippen LogP contribution < -0.4 is 5.73 Å². The minimum Gasteiger partial charge on any atom is -0.465 e. The van der Waals surface area contributed by atoms with Crippen molar-refractivity contribution in [1.29, 1.82) is 0 Å². The van der Waals surface area contributed by atoms with Crippen molar-refractivity contribution in [3.63, 3.8) is 0 Å². The number of methoxy groups -OCH3 is 1. The number of ether oxygens (including phenoxy) is 1. The van der Waals surface area contributed by atoms with Gasteiger partial charge in [-0.1, -0.05) is 18.5 Å². The fourth-order valence-electron chi connectivity index (χ4n) is 2.48. The Morgan fingerprint density at radius 3 is 2.73 bits per heavy atom. The lowest BCUT2D eigenvalue weighted by molar-refractivity contribution is 0.0596. The second kappa shape index (κ2) is 6.16. The van der Waals surface area contributed by atoms with Gasteiger partial charge in [0.2, 0.25) is 10.0 Å². The van der Waals surface area contributed by atoms with Gasteiger partial charge in [-0.05, 0) is 36.6 Å². The lowest BCUT2D eigenvalue weighted by Gasteiger charge is -2.23.